The maximum absolute atomic E-state index is 4.76. The Balaban J connectivity index is 3.05. The molecule has 1 nitrogen and oxygen atoms in total. The molecule has 2 heteroatoms. The fourth-order valence-corrected chi connectivity index (χ4v) is 0.758. The second-order valence-corrected chi connectivity index (χ2v) is 3.10. The number of hydrogen-bond acceptors (Lipinski definition) is 1. The normalized spacial score (nSPS) is 9.00. The summed E-state index contributed by atoms with van der Waals surface area (Å²) in [5.74, 6) is 0. The first kappa shape index (κ1) is 5.06. The zero-order valence-electron chi connectivity index (χ0n) is 3.64. The van der Waals surface area contributed by atoms with Crippen LogP contribution in [-0.4, -0.2) is 49.0 Å². The molecule has 1 aromatic heterocycles. The molecule has 0 atom stereocenters. The summed E-state index contributed by atoms with van der Waals surface area (Å²) >= 11 is 0.792. The van der Waals surface area contributed by atoms with Crippen LogP contribution in [0.1, 0.15) is 0 Å². The summed E-state index contributed by atoms with van der Waals surface area (Å²) in [6.45, 7) is 0. The van der Waals surface area contributed by atoms with Crippen molar-refractivity contribution in [2.75, 3.05) is 0 Å². The molecule has 0 unspecified atom stereocenters. The average Bonchev–Trinajstić information content (AvgIpc) is 1.86. The van der Waals surface area contributed by atoms with E-state index in [1.807, 2.05) is 6.07 Å². The predicted octanol–water partition coefficient (Wildman–Crippen LogP) is 0.0734. The molecule has 0 aliphatic heterocycles. The third-order valence-corrected chi connectivity index (χ3v) is 1.55. The zero-order valence-corrected chi connectivity index (χ0v) is 6.76. The Morgan fingerprint density at radius 3 is 2.67 bits per heavy atom. The molecule has 0 N–H and O–H groups in total. The SMILES string of the molecule is [K][c]1ccoc1. The van der Waals surface area contributed by atoms with Crippen LogP contribution in [0.4, 0.5) is 0 Å². The van der Waals surface area contributed by atoms with Crippen molar-refractivity contribution in [2.24, 2.45) is 0 Å². The minimum atomic E-state index is 0.792. The summed E-state index contributed by atoms with van der Waals surface area (Å²) in [5, 5.41) is 0. The number of furan rings is 1. The van der Waals surface area contributed by atoms with Crippen LogP contribution in [-0.2, 0) is 0 Å². The molecule has 0 saturated carbocycles. The van der Waals surface area contributed by atoms with E-state index in [4.69, 9.17) is 4.42 Å². The molecule has 0 saturated heterocycles. The minimum absolute atomic E-state index is 0.792. The van der Waals surface area contributed by atoms with E-state index >= 15 is 0 Å². The van der Waals surface area contributed by atoms with E-state index in [1.54, 1.807) is 12.5 Å². The van der Waals surface area contributed by atoms with Gasteiger partial charge in [-0.2, -0.15) is 0 Å². The molecule has 1 rings (SSSR count). The maximum atomic E-state index is 4.76. The van der Waals surface area contributed by atoms with Gasteiger partial charge in [0.15, 0.2) is 0 Å². The zero-order chi connectivity index (χ0) is 4.41. The van der Waals surface area contributed by atoms with Gasteiger partial charge in [0.1, 0.15) is 0 Å². The summed E-state index contributed by atoms with van der Waals surface area (Å²) in [5.41, 5.74) is 0. The van der Waals surface area contributed by atoms with E-state index in [0.29, 0.717) is 0 Å². The fourth-order valence-electron chi connectivity index (χ4n) is 0.333. The van der Waals surface area contributed by atoms with Gasteiger partial charge in [-0.05, 0) is 0 Å². The molecule has 0 aliphatic carbocycles. The van der Waals surface area contributed by atoms with Gasteiger partial charge in [-0.1, -0.05) is 0 Å². The van der Waals surface area contributed by atoms with Crippen LogP contribution in [0.2, 0.25) is 0 Å². The summed E-state index contributed by atoms with van der Waals surface area (Å²) in [7, 11) is 0. The first-order valence-corrected chi connectivity index (χ1v) is 3.44. The topological polar surface area (TPSA) is 13.1 Å². The van der Waals surface area contributed by atoms with Crippen molar-refractivity contribution in [3.05, 3.63) is 18.6 Å². The summed E-state index contributed by atoms with van der Waals surface area (Å²) < 4.78 is 6.12. The van der Waals surface area contributed by atoms with E-state index in [9.17, 15) is 0 Å². The Kier molecular flexibility index (Phi) is 1.92. The Labute approximate surface area is 70.3 Å². The monoisotopic (exact) mass is 106 g/mol. The van der Waals surface area contributed by atoms with Gasteiger partial charge in [-0.15, -0.1) is 0 Å². The molecule has 1 aromatic rings. The van der Waals surface area contributed by atoms with Crippen LogP contribution >= 0.6 is 0 Å². The molecule has 26 valence electrons. The van der Waals surface area contributed by atoms with Crippen LogP contribution < -0.4 is -0.342 Å². The Morgan fingerprint density at radius 1 is 1.67 bits per heavy atom. The van der Waals surface area contributed by atoms with Crippen LogP contribution in [0.5, 0.6) is 0 Å². The van der Waals surface area contributed by atoms with Gasteiger partial charge < -0.3 is 0 Å². The van der Waals surface area contributed by atoms with Crippen molar-refractivity contribution in [3.8, 4) is 0 Å². The molecular weight excluding hydrogens is 103 g/mol. The van der Waals surface area contributed by atoms with Crippen molar-refractivity contribution in [1.29, 1.82) is 0 Å². The quantitative estimate of drug-likeness (QED) is 0.427. The molecule has 0 aliphatic rings. The molecule has 0 spiro atoms. The van der Waals surface area contributed by atoms with Crippen LogP contribution in [0.15, 0.2) is 23.0 Å². The van der Waals surface area contributed by atoms with E-state index in [1.165, 1.54) is -0.342 Å². The van der Waals surface area contributed by atoms with Crippen molar-refractivity contribution in [3.63, 3.8) is 0 Å². The van der Waals surface area contributed by atoms with Gasteiger partial charge in [0.2, 0.25) is 0 Å². The van der Waals surface area contributed by atoms with Gasteiger partial charge in [0.05, 0.1) is 0 Å². The molecule has 0 amide bonds. The third kappa shape index (κ3) is 1.20. The van der Waals surface area contributed by atoms with E-state index in [-0.39, 0.29) is 0 Å². The van der Waals surface area contributed by atoms with Gasteiger partial charge in [-0.3, -0.25) is 0 Å². The first-order valence-electron chi connectivity index (χ1n) is 1.88. The molecule has 6 heavy (non-hydrogen) atoms. The first-order chi connectivity index (χ1) is 2.89. The van der Waals surface area contributed by atoms with E-state index < -0.39 is 0 Å². The Bertz CT molecular complexity index is 111. The second kappa shape index (κ2) is 2.28. The Morgan fingerprint density at radius 2 is 2.50 bits per heavy atom. The van der Waals surface area contributed by atoms with Crippen molar-refractivity contribution in [2.45, 2.75) is 0 Å². The molecule has 1 heterocycles. The second-order valence-electron chi connectivity index (χ2n) is 1.30. The van der Waals surface area contributed by atoms with E-state index in [0.717, 1.165) is 49.0 Å². The molecule has 0 radical (unpaired) electrons. The average molecular weight is 106 g/mol. The predicted molar refractivity (Wildman–Crippen MR) is 24.1 cm³/mol. The van der Waals surface area contributed by atoms with Crippen LogP contribution in [0.3, 0.4) is 0 Å². The Hall–Kier alpha value is 0.916. The van der Waals surface area contributed by atoms with Crippen LogP contribution in [0, 0.1) is 0 Å². The van der Waals surface area contributed by atoms with Gasteiger partial charge in [-0.25, -0.2) is 0 Å². The summed E-state index contributed by atoms with van der Waals surface area (Å²) in [6.07, 6.45) is 3.50. The molecular formula is C4H3KO. The third-order valence-electron chi connectivity index (χ3n) is 0.663. The van der Waals surface area contributed by atoms with Gasteiger partial charge in [0, 0.05) is 0 Å². The van der Waals surface area contributed by atoms with Crippen LogP contribution in [0.25, 0.3) is 0 Å². The fraction of sp³-hybridized carbons (Fsp3) is 0. The van der Waals surface area contributed by atoms with E-state index in [2.05, 4.69) is 0 Å². The van der Waals surface area contributed by atoms with Crippen molar-refractivity contribution in [1.82, 2.24) is 0 Å². The number of hydrogen-bond donors (Lipinski definition) is 0. The van der Waals surface area contributed by atoms with Gasteiger partial charge >= 0.3 is 71.6 Å². The van der Waals surface area contributed by atoms with Gasteiger partial charge in [0.25, 0.3) is 0 Å². The number of rotatable bonds is 0. The summed E-state index contributed by atoms with van der Waals surface area (Å²) in [6, 6.07) is 2.00. The van der Waals surface area contributed by atoms with Crippen molar-refractivity contribution >= 4 is 48.6 Å². The van der Waals surface area contributed by atoms with Crippen molar-refractivity contribution < 1.29 is 4.42 Å². The molecule has 0 fully saturated rings. The summed E-state index contributed by atoms with van der Waals surface area (Å²) in [4.78, 5) is 0. The molecule has 0 bridgehead atoms. The standard InChI is InChI=1S/C4H3O.K/c1-2-4-5-3-1;/h1,3-4H;. The molecule has 0 aromatic carbocycles.